The molecule has 0 amide bonds. The van der Waals surface area contributed by atoms with Crippen molar-refractivity contribution in [2.45, 2.75) is 5.51 Å². The highest BCUT2D eigenvalue weighted by Gasteiger charge is 2.46. The molecule has 2 aromatic rings. The molecular weight excluding hydrogens is 287 g/mol. The molecule has 0 fully saturated rings. The molecule has 1 aromatic heterocycles. The van der Waals surface area contributed by atoms with Crippen LogP contribution in [0.25, 0.3) is 5.69 Å². The molecule has 0 aliphatic carbocycles. The number of aromatic nitrogens is 4. The fourth-order valence-corrected chi connectivity index (χ4v) is 1.66. The average molecular weight is 293 g/mol. The van der Waals surface area contributed by atoms with Crippen LogP contribution in [0.2, 0.25) is 0 Å². The van der Waals surface area contributed by atoms with E-state index in [1.807, 2.05) is 0 Å². The molecule has 0 saturated carbocycles. The third kappa shape index (κ3) is 2.65. The number of anilines is 1. The fourth-order valence-electron chi connectivity index (χ4n) is 1.17. The molecule has 0 aliphatic rings. The molecule has 1 heterocycles. The molecule has 0 bridgehead atoms. The number of sulfonamides is 1. The van der Waals surface area contributed by atoms with E-state index in [1.54, 1.807) is 18.2 Å². The normalized spacial score (nSPS) is 12.4. The Balaban J connectivity index is 2.38. The largest absolute Gasteiger partial charge is 0.516 e. The number of benzene rings is 1. The lowest BCUT2D eigenvalue weighted by Gasteiger charge is -2.09. The molecule has 0 saturated heterocycles. The first kappa shape index (κ1) is 13.3. The van der Waals surface area contributed by atoms with Gasteiger partial charge in [-0.25, -0.2) is 4.72 Å². The standard InChI is InChI=1S/C8H6F3N5O2S/c9-8(10,11)19(17,18)13-7-12-14-15-16(7)6-4-2-1-3-5-6/h1-5H,(H,12,13,15). The summed E-state index contributed by atoms with van der Waals surface area (Å²) in [6.45, 7) is 0. The van der Waals surface area contributed by atoms with Crippen LogP contribution in [-0.4, -0.2) is 34.1 Å². The zero-order valence-corrected chi connectivity index (χ0v) is 9.85. The van der Waals surface area contributed by atoms with E-state index in [0.717, 1.165) is 4.68 Å². The van der Waals surface area contributed by atoms with Gasteiger partial charge in [0.1, 0.15) is 0 Å². The second-order valence-corrected chi connectivity index (χ2v) is 4.97. The lowest BCUT2D eigenvalue weighted by atomic mass is 10.3. The van der Waals surface area contributed by atoms with Crippen LogP contribution in [0.15, 0.2) is 30.3 Å². The first-order valence-electron chi connectivity index (χ1n) is 4.74. The van der Waals surface area contributed by atoms with Crippen LogP contribution >= 0.6 is 0 Å². The smallest absolute Gasteiger partial charge is 0.242 e. The second-order valence-electron chi connectivity index (χ2n) is 3.30. The van der Waals surface area contributed by atoms with Crippen molar-refractivity contribution in [2.24, 2.45) is 0 Å². The van der Waals surface area contributed by atoms with E-state index in [1.165, 1.54) is 16.9 Å². The van der Waals surface area contributed by atoms with Crippen molar-refractivity contribution in [3.8, 4) is 5.69 Å². The van der Waals surface area contributed by atoms with Crippen molar-refractivity contribution in [1.82, 2.24) is 20.2 Å². The van der Waals surface area contributed by atoms with Gasteiger partial charge >= 0.3 is 15.5 Å². The quantitative estimate of drug-likeness (QED) is 0.909. The lowest BCUT2D eigenvalue weighted by Crippen LogP contribution is -2.31. The molecule has 2 rings (SSSR count). The first-order chi connectivity index (χ1) is 8.81. The predicted octanol–water partition coefficient (Wildman–Crippen LogP) is 0.924. The van der Waals surface area contributed by atoms with Crippen LogP contribution < -0.4 is 4.72 Å². The summed E-state index contributed by atoms with van der Waals surface area (Å²) in [7, 11) is -5.56. The predicted molar refractivity (Wildman–Crippen MR) is 57.8 cm³/mol. The van der Waals surface area contributed by atoms with Crippen molar-refractivity contribution in [1.29, 1.82) is 0 Å². The molecule has 0 radical (unpaired) electrons. The molecule has 0 spiro atoms. The molecule has 7 nitrogen and oxygen atoms in total. The highest BCUT2D eigenvalue weighted by Crippen LogP contribution is 2.25. The molecule has 0 aliphatic heterocycles. The second kappa shape index (κ2) is 4.50. The summed E-state index contributed by atoms with van der Waals surface area (Å²) in [4.78, 5) is 0. The highest BCUT2D eigenvalue weighted by atomic mass is 32.2. The van der Waals surface area contributed by atoms with Crippen molar-refractivity contribution >= 4 is 16.0 Å². The Morgan fingerprint density at radius 3 is 2.37 bits per heavy atom. The highest BCUT2D eigenvalue weighted by molar-refractivity contribution is 7.93. The van der Waals surface area contributed by atoms with Gasteiger partial charge in [0, 0.05) is 0 Å². The van der Waals surface area contributed by atoms with E-state index in [-0.39, 0.29) is 0 Å². The SMILES string of the molecule is O=S(=O)(Nc1nnnn1-c1ccccc1)C(F)(F)F. The maximum absolute atomic E-state index is 12.2. The van der Waals surface area contributed by atoms with Crippen LogP contribution in [0, 0.1) is 0 Å². The van der Waals surface area contributed by atoms with Gasteiger partial charge in [-0.3, -0.25) is 0 Å². The molecule has 1 N–H and O–H groups in total. The molecule has 11 heteroatoms. The Morgan fingerprint density at radius 2 is 1.79 bits per heavy atom. The van der Waals surface area contributed by atoms with Gasteiger partial charge in [0.15, 0.2) is 0 Å². The maximum Gasteiger partial charge on any atom is 0.516 e. The molecule has 0 atom stereocenters. The zero-order valence-electron chi connectivity index (χ0n) is 9.03. The van der Waals surface area contributed by atoms with Crippen LogP contribution in [0.1, 0.15) is 0 Å². The number of hydrogen-bond donors (Lipinski definition) is 1. The van der Waals surface area contributed by atoms with Crippen molar-refractivity contribution < 1.29 is 21.6 Å². The van der Waals surface area contributed by atoms with Gasteiger partial charge in [0.25, 0.3) is 5.95 Å². The van der Waals surface area contributed by atoms with E-state index in [2.05, 4.69) is 15.5 Å². The Kier molecular flexibility index (Phi) is 3.14. The van der Waals surface area contributed by atoms with Gasteiger partial charge in [-0.1, -0.05) is 23.3 Å². The Hall–Kier alpha value is -2.17. The number of rotatable bonds is 3. The topological polar surface area (TPSA) is 89.8 Å². The molecular formula is C8H6F3N5O2S. The lowest BCUT2D eigenvalue weighted by molar-refractivity contribution is -0.0429. The van der Waals surface area contributed by atoms with Crippen LogP contribution in [0.4, 0.5) is 19.1 Å². The summed E-state index contributed by atoms with van der Waals surface area (Å²) < 4.78 is 60.7. The number of hydrogen-bond acceptors (Lipinski definition) is 5. The minimum Gasteiger partial charge on any atom is -0.242 e. The van der Waals surface area contributed by atoms with Gasteiger partial charge in [-0.15, -0.1) is 0 Å². The van der Waals surface area contributed by atoms with E-state index in [0.29, 0.717) is 5.69 Å². The van der Waals surface area contributed by atoms with E-state index < -0.39 is 21.5 Å². The van der Waals surface area contributed by atoms with Crippen molar-refractivity contribution in [3.05, 3.63) is 30.3 Å². The molecule has 0 unspecified atom stereocenters. The zero-order chi connectivity index (χ0) is 14.1. The first-order valence-corrected chi connectivity index (χ1v) is 6.22. The summed E-state index contributed by atoms with van der Waals surface area (Å²) in [6.07, 6.45) is 0. The number of halogens is 3. The Labute approximate surface area is 105 Å². The number of tetrazole rings is 1. The van der Waals surface area contributed by atoms with Crippen molar-refractivity contribution in [2.75, 3.05) is 4.72 Å². The van der Waals surface area contributed by atoms with E-state index >= 15 is 0 Å². The molecule has 19 heavy (non-hydrogen) atoms. The van der Waals surface area contributed by atoms with Gasteiger partial charge in [-0.05, 0) is 22.6 Å². The summed E-state index contributed by atoms with van der Waals surface area (Å²) in [5, 5.41) is 9.75. The van der Waals surface area contributed by atoms with Gasteiger partial charge < -0.3 is 0 Å². The Bertz CT molecular complexity index is 667. The Morgan fingerprint density at radius 1 is 1.16 bits per heavy atom. The minimum absolute atomic E-state index is 0.312. The summed E-state index contributed by atoms with van der Waals surface area (Å²) in [5.41, 5.74) is -5.13. The summed E-state index contributed by atoms with van der Waals surface area (Å²) in [5.74, 6) is -0.650. The summed E-state index contributed by atoms with van der Waals surface area (Å²) >= 11 is 0. The van der Waals surface area contributed by atoms with E-state index in [4.69, 9.17) is 0 Å². The maximum atomic E-state index is 12.2. The third-order valence-electron chi connectivity index (χ3n) is 2.00. The monoisotopic (exact) mass is 293 g/mol. The molecule has 1 aromatic carbocycles. The third-order valence-corrected chi connectivity index (χ3v) is 3.06. The number of nitrogens with zero attached hydrogens (tertiary/aromatic N) is 4. The van der Waals surface area contributed by atoms with Gasteiger partial charge in [0.05, 0.1) is 5.69 Å². The number of alkyl halides is 3. The molecule has 102 valence electrons. The van der Waals surface area contributed by atoms with Crippen LogP contribution in [0.3, 0.4) is 0 Å². The number of para-hydroxylation sites is 1. The fraction of sp³-hybridized carbons (Fsp3) is 0.125. The van der Waals surface area contributed by atoms with Crippen LogP contribution in [0.5, 0.6) is 0 Å². The van der Waals surface area contributed by atoms with Crippen LogP contribution in [-0.2, 0) is 10.0 Å². The van der Waals surface area contributed by atoms with Crippen molar-refractivity contribution in [3.63, 3.8) is 0 Å². The van der Waals surface area contributed by atoms with Gasteiger partial charge in [0.2, 0.25) is 0 Å². The average Bonchev–Trinajstić information content (AvgIpc) is 2.76. The summed E-state index contributed by atoms with van der Waals surface area (Å²) in [6, 6.07) is 7.87. The van der Waals surface area contributed by atoms with Gasteiger partial charge in [-0.2, -0.15) is 26.3 Å². The number of nitrogens with one attached hydrogen (secondary N) is 1. The minimum atomic E-state index is -5.56. The van der Waals surface area contributed by atoms with E-state index in [9.17, 15) is 21.6 Å².